The molecule has 108 valence electrons. The highest BCUT2D eigenvalue weighted by Crippen LogP contribution is 2.24. The van der Waals surface area contributed by atoms with Crippen LogP contribution in [0, 0.1) is 0 Å². The topological polar surface area (TPSA) is 41.5 Å². The maximum Gasteiger partial charge on any atom is 0.119 e. The molecule has 0 aliphatic carbocycles. The number of hydrogen-bond donors (Lipinski definition) is 2. The number of aliphatic hydroxyl groups excluding tert-OH is 1. The largest absolute Gasteiger partial charge is 0.491 e. The monoisotopic (exact) mass is 291 g/mol. The van der Waals surface area contributed by atoms with Gasteiger partial charge in [0, 0.05) is 12.6 Å². The average Bonchev–Trinajstić information content (AvgIpc) is 2.97. The number of benzene rings is 1. The van der Waals surface area contributed by atoms with Crippen LogP contribution in [-0.4, -0.2) is 30.4 Å². The zero-order valence-electron chi connectivity index (χ0n) is 11.9. The number of ether oxygens (including phenoxy) is 1. The van der Waals surface area contributed by atoms with Crippen molar-refractivity contribution in [3.8, 4) is 16.9 Å². The zero-order chi connectivity index (χ0) is 14.4. The number of rotatable bonds is 7. The van der Waals surface area contributed by atoms with Crippen LogP contribution in [0.15, 0.2) is 41.1 Å². The fourth-order valence-electron chi connectivity index (χ4n) is 1.80. The first-order chi connectivity index (χ1) is 9.65. The van der Waals surface area contributed by atoms with Gasteiger partial charge in [0.1, 0.15) is 18.5 Å². The minimum absolute atomic E-state index is 0.303. The predicted octanol–water partition coefficient (Wildman–Crippen LogP) is 3.15. The summed E-state index contributed by atoms with van der Waals surface area (Å²) in [5, 5.41) is 17.1. The molecule has 0 amide bonds. The summed E-state index contributed by atoms with van der Waals surface area (Å²) in [6, 6.07) is 10.4. The maximum atomic E-state index is 9.78. The van der Waals surface area contributed by atoms with Crippen LogP contribution >= 0.6 is 11.3 Å². The molecule has 1 aromatic carbocycles. The van der Waals surface area contributed by atoms with Crippen molar-refractivity contribution in [2.45, 2.75) is 26.0 Å². The fourth-order valence-corrected chi connectivity index (χ4v) is 2.46. The molecule has 0 saturated carbocycles. The van der Waals surface area contributed by atoms with Crippen molar-refractivity contribution in [1.82, 2.24) is 5.32 Å². The van der Waals surface area contributed by atoms with E-state index < -0.39 is 6.10 Å². The molecule has 3 nitrogen and oxygen atoms in total. The molecule has 1 aromatic heterocycles. The lowest BCUT2D eigenvalue weighted by Gasteiger charge is -2.15. The molecule has 4 heteroatoms. The molecule has 0 spiro atoms. The second kappa shape index (κ2) is 7.43. The van der Waals surface area contributed by atoms with Gasteiger partial charge in [-0.05, 0) is 40.1 Å². The van der Waals surface area contributed by atoms with Crippen LogP contribution in [0.2, 0.25) is 0 Å². The van der Waals surface area contributed by atoms with Gasteiger partial charge in [-0.1, -0.05) is 26.0 Å². The van der Waals surface area contributed by atoms with Crippen LogP contribution in [0.1, 0.15) is 13.8 Å². The summed E-state index contributed by atoms with van der Waals surface area (Å²) < 4.78 is 5.59. The Hall–Kier alpha value is -1.36. The van der Waals surface area contributed by atoms with Gasteiger partial charge < -0.3 is 15.2 Å². The summed E-state index contributed by atoms with van der Waals surface area (Å²) >= 11 is 1.69. The minimum Gasteiger partial charge on any atom is -0.491 e. The highest BCUT2D eigenvalue weighted by Gasteiger charge is 2.06. The van der Waals surface area contributed by atoms with Gasteiger partial charge in [-0.25, -0.2) is 0 Å². The summed E-state index contributed by atoms with van der Waals surface area (Å²) in [6.07, 6.45) is -0.492. The van der Waals surface area contributed by atoms with Crippen LogP contribution in [0.3, 0.4) is 0 Å². The van der Waals surface area contributed by atoms with E-state index in [1.54, 1.807) is 11.3 Å². The fraction of sp³-hybridized carbons (Fsp3) is 0.375. The van der Waals surface area contributed by atoms with Crippen LogP contribution in [0.4, 0.5) is 0 Å². The number of aliphatic hydroxyl groups is 1. The van der Waals surface area contributed by atoms with E-state index in [9.17, 15) is 5.11 Å². The van der Waals surface area contributed by atoms with Crippen LogP contribution in [0.25, 0.3) is 11.1 Å². The Morgan fingerprint density at radius 2 is 1.90 bits per heavy atom. The van der Waals surface area contributed by atoms with Gasteiger partial charge in [0.05, 0.1) is 0 Å². The van der Waals surface area contributed by atoms with E-state index >= 15 is 0 Å². The predicted molar refractivity (Wildman–Crippen MR) is 84.4 cm³/mol. The first kappa shape index (κ1) is 15.0. The van der Waals surface area contributed by atoms with Gasteiger partial charge in [-0.15, -0.1) is 0 Å². The molecule has 0 aliphatic rings. The molecule has 20 heavy (non-hydrogen) atoms. The second-order valence-electron chi connectivity index (χ2n) is 5.06. The molecule has 1 heterocycles. The second-order valence-corrected chi connectivity index (χ2v) is 5.84. The van der Waals surface area contributed by atoms with Crippen LogP contribution in [0.5, 0.6) is 5.75 Å². The molecule has 1 atom stereocenters. The van der Waals surface area contributed by atoms with Gasteiger partial charge >= 0.3 is 0 Å². The van der Waals surface area contributed by atoms with Crippen molar-refractivity contribution in [1.29, 1.82) is 0 Å². The normalized spacial score (nSPS) is 12.6. The molecular formula is C16H21NO2S. The van der Waals surface area contributed by atoms with Crippen molar-refractivity contribution < 1.29 is 9.84 Å². The van der Waals surface area contributed by atoms with Gasteiger partial charge in [0.25, 0.3) is 0 Å². The van der Waals surface area contributed by atoms with Crippen molar-refractivity contribution in [2.75, 3.05) is 13.2 Å². The average molecular weight is 291 g/mol. The van der Waals surface area contributed by atoms with E-state index in [1.165, 1.54) is 11.1 Å². The summed E-state index contributed by atoms with van der Waals surface area (Å²) in [4.78, 5) is 0. The first-order valence-corrected chi connectivity index (χ1v) is 7.76. The molecular weight excluding hydrogens is 270 g/mol. The Morgan fingerprint density at radius 1 is 1.15 bits per heavy atom. The Balaban J connectivity index is 1.82. The molecule has 2 rings (SSSR count). The lowest BCUT2D eigenvalue weighted by atomic mass is 10.1. The van der Waals surface area contributed by atoms with Gasteiger partial charge in [0.15, 0.2) is 0 Å². The lowest BCUT2D eigenvalue weighted by molar-refractivity contribution is 0.104. The minimum atomic E-state index is -0.492. The van der Waals surface area contributed by atoms with Gasteiger partial charge in [-0.2, -0.15) is 11.3 Å². The van der Waals surface area contributed by atoms with Crippen molar-refractivity contribution in [3.05, 3.63) is 41.1 Å². The van der Waals surface area contributed by atoms with E-state index in [0.717, 1.165) is 5.75 Å². The molecule has 0 radical (unpaired) electrons. The zero-order valence-corrected chi connectivity index (χ0v) is 12.7. The highest BCUT2D eigenvalue weighted by atomic mass is 32.1. The SMILES string of the molecule is CC(C)NCC(O)COc1ccc(-c2ccsc2)cc1. The van der Waals surface area contributed by atoms with Crippen LogP contribution in [-0.2, 0) is 0 Å². The number of hydrogen-bond acceptors (Lipinski definition) is 4. The van der Waals surface area contributed by atoms with E-state index in [2.05, 4.69) is 36.0 Å². The molecule has 2 aromatic rings. The third kappa shape index (κ3) is 4.63. The van der Waals surface area contributed by atoms with E-state index in [0.29, 0.717) is 19.2 Å². The number of thiophene rings is 1. The first-order valence-electron chi connectivity index (χ1n) is 6.82. The standard InChI is InChI=1S/C16H21NO2S/c1-12(2)17-9-15(18)10-19-16-5-3-13(4-6-16)14-7-8-20-11-14/h3-8,11-12,15,17-18H,9-10H2,1-2H3. The Kier molecular flexibility index (Phi) is 5.59. The highest BCUT2D eigenvalue weighted by molar-refractivity contribution is 7.08. The van der Waals surface area contributed by atoms with Gasteiger partial charge in [-0.3, -0.25) is 0 Å². The van der Waals surface area contributed by atoms with E-state index in [4.69, 9.17) is 4.74 Å². The summed E-state index contributed by atoms with van der Waals surface area (Å²) in [7, 11) is 0. The summed E-state index contributed by atoms with van der Waals surface area (Å²) in [6.45, 7) is 4.95. The quantitative estimate of drug-likeness (QED) is 0.823. The van der Waals surface area contributed by atoms with Crippen LogP contribution < -0.4 is 10.1 Å². The van der Waals surface area contributed by atoms with Crippen molar-refractivity contribution >= 4 is 11.3 Å². The maximum absolute atomic E-state index is 9.78. The smallest absolute Gasteiger partial charge is 0.119 e. The number of nitrogens with one attached hydrogen (secondary N) is 1. The molecule has 0 aliphatic heterocycles. The summed E-state index contributed by atoms with van der Waals surface area (Å²) in [5.74, 6) is 0.785. The third-order valence-corrected chi connectivity index (χ3v) is 3.60. The van der Waals surface area contributed by atoms with E-state index in [-0.39, 0.29) is 0 Å². The van der Waals surface area contributed by atoms with Gasteiger partial charge in [0.2, 0.25) is 0 Å². The third-order valence-electron chi connectivity index (χ3n) is 2.91. The van der Waals surface area contributed by atoms with E-state index in [1.807, 2.05) is 24.3 Å². The van der Waals surface area contributed by atoms with Crippen molar-refractivity contribution in [3.63, 3.8) is 0 Å². The Bertz CT molecular complexity index is 494. The molecule has 2 N–H and O–H groups in total. The summed E-state index contributed by atoms with van der Waals surface area (Å²) in [5.41, 5.74) is 2.41. The molecule has 0 fully saturated rings. The van der Waals surface area contributed by atoms with Crippen molar-refractivity contribution in [2.24, 2.45) is 0 Å². The Morgan fingerprint density at radius 3 is 2.50 bits per heavy atom. The lowest BCUT2D eigenvalue weighted by Crippen LogP contribution is -2.35. The molecule has 0 saturated heterocycles. The molecule has 0 bridgehead atoms. The Labute approximate surface area is 124 Å². The molecule has 1 unspecified atom stereocenters.